The van der Waals surface area contributed by atoms with Crippen molar-refractivity contribution in [1.82, 2.24) is 25.1 Å². The number of unbranched alkanes of at least 4 members (excludes halogenated alkanes) is 1. The van der Waals surface area contributed by atoms with Gasteiger partial charge in [-0.3, -0.25) is 4.90 Å². The summed E-state index contributed by atoms with van der Waals surface area (Å²) in [6.45, 7) is 4.03. The van der Waals surface area contributed by atoms with E-state index in [-0.39, 0.29) is 18.7 Å². The first-order valence-electron chi connectivity index (χ1n) is 8.50. The van der Waals surface area contributed by atoms with Gasteiger partial charge < -0.3 is 5.11 Å². The molecule has 1 aromatic heterocycles. The highest BCUT2D eigenvalue weighted by Crippen LogP contribution is 2.36. The average Bonchev–Trinajstić information content (AvgIpc) is 3.20. The summed E-state index contributed by atoms with van der Waals surface area (Å²) in [5, 5.41) is 22.1. The maximum absolute atomic E-state index is 9.74. The molecule has 0 saturated carbocycles. The first-order valence-corrected chi connectivity index (χ1v) is 8.50. The third-order valence-electron chi connectivity index (χ3n) is 4.64. The number of aliphatic hydroxyl groups is 1. The van der Waals surface area contributed by atoms with Crippen LogP contribution in [0.3, 0.4) is 0 Å². The molecule has 124 valence electrons. The van der Waals surface area contributed by atoms with Gasteiger partial charge in [-0.25, -0.2) is 4.68 Å². The highest BCUT2D eigenvalue weighted by atomic mass is 16.3. The quantitative estimate of drug-likeness (QED) is 0.848. The fourth-order valence-corrected chi connectivity index (χ4v) is 3.36. The van der Waals surface area contributed by atoms with Crippen molar-refractivity contribution in [3.05, 3.63) is 41.7 Å². The molecule has 1 aliphatic heterocycles. The van der Waals surface area contributed by atoms with Gasteiger partial charge in [0.25, 0.3) is 0 Å². The Kier molecular flexibility index (Phi) is 5.35. The topological polar surface area (TPSA) is 67.1 Å². The van der Waals surface area contributed by atoms with Gasteiger partial charge >= 0.3 is 0 Å². The van der Waals surface area contributed by atoms with E-state index < -0.39 is 0 Å². The summed E-state index contributed by atoms with van der Waals surface area (Å²) in [6, 6.07) is 10.8. The maximum Gasteiger partial charge on any atom is 0.168 e. The van der Waals surface area contributed by atoms with E-state index in [1.54, 1.807) is 0 Å². The molecule has 2 atom stereocenters. The molecule has 1 aromatic carbocycles. The van der Waals surface area contributed by atoms with Crippen molar-refractivity contribution < 1.29 is 5.11 Å². The number of likely N-dealkylation sites (tertiary alicyclic amines) is 1. The maximum atomic E-state index is 9.74. The lowest BCUT2D eigenvalue weighted by atomic mass is 10.1. The highest BCUT2D eigenvalue weighted by molar-refractivity contribution is 5.16. The van der Waals surface area contributed by atoms with Gasteiger partial charge in [-0.2, -0.15) is 0 Å². The molecule has 0 amide bonds. The number of hydrogen-bond donors (Lipinski definition) is 1. The predicted molar refractivity (Wildman–Crippen MR) is 87.6 cm³/mol. The second-order valence-electron chi connectivity index (χ2n) is 6.20. The second-order valence-corrected chi connectivity index (χ2v) is 6.20. The zero-order valence-corrected chi connectivity index (χ0v) is 13.7. The Morgan fingerprint density at radius 3 is 2.78 bits per heavy atom. The molecule has 0 radical (unpaired) electrons. The molecule has 6 nitrogen and oxygen atoms in total. The summed E-state index contributed by atoms with van der Waals surface area (Å²) in [5.74, 6) is 0.935. The number of aryl methyl sites for hydroxylation is 1. The number of aromatic nitrogens is 4. The summed E-state index contributed by atoms with van der Waals surface area (Å²) < 4.78 is 1.94. The summed E-state index contributed by atoms with van der Waals surface area (Å²) in [6.07, 6.45) is 4.17. The summed E-state index contributed by atoms with van der Waals surface area (Å²) >= 11 is 0. The van der Waals surface area contributed by atoms with Crippen molar-refractivity contribution >= 4 is 0 Å². The molecule has 1 aliphatic rings. The molecular weight excluding hydrogens is 290 g/mol. The largest absolute Gasteiger partial charge is 0.395 e. The van der Waals surface area contributed by atoms with E-state index in [0.29, 0.717) is 0 Å². The second kappa shape index (κ2) is 7.66. The smallest absolute Gasteiger partial charge is 0.168 e. The van der Waals surface area contributed by atoms with Crippen molar-refractivity contribution in [2.24, 2.45) is 0 Å². The fourth-order valence-electron chi connectivity index (χ4n) is 3.36. The van der Waals surface area contributed by atoms with Gasteiger partial charge in [0, 0.05) is 19.1 Å². The van der Waals surface area contributed by atoms with E-state index in [2.05, 4.69) is 51.6 Å². The van der Waals surface area contributed by atoms with Crippen LogP contribution in [-0.4, -0.2) is 42.9 Å². The van der Waals surface area contributed by atoms with Crippen molar-refractivity contribution in [1.29, 1.82) is 0 Å². The Morgan fingerprint density at radius 2 is 2.04 bits per heavy atom. The number of rotatable bonds is 7. The average molecular weight is 315 g/mol. The molecule has 1 saturated heterocycles. The number of aliphatic hydroxyl groups excluding tert-OH is 1. The molecule has 1 N–H and O–H groups in total. The van der Waals surface area contributed by atoms with Gasteiger partial charge in [0.1, 0.15) is 0 Å². The Balaban J connectivity index is 1.81. The molecule has 0 aliphatic carbocycles. The van der Waals surface area contributed by atoms with E-state index in [1.165, 1.54) is 5.56 Å². The van der Waals surface area contributed by atoms with Gasteiger partial charge in [-0.05, 0) is 35.3 Å². The minimum absolute atomic E-state index is 0.177. The Morgan fingerprint density at radius 1 is 1.22 bits per heavy atom. The molecule has 2 aromatic rings. The van der Waals surface area contributed by atoms with Crippen LogP contribution >= 0.6 is 0 Å². The molecule has 6 heteroatoms. The lowest BCUT2D eigenvalue weighted by Gasteiger charge is -2.28. The summed E-state index contributed by atoms with van der Waals surface area (Å²) in [4.78, 5) is 2.35. The summed E-state index contributed by atoms with van der Waals surface area (Å²) in [7, 11) is 0. The first-order chi connectivity index (χ1) is 11.3. The van der Waals surface area contributed by atoms with Crippen LogP contribution in [-0.2, 0) is 13.1 Å². The molecule has 2 heterocycles. The lowest BCUT2D eigenvalue weighted by molar-refractivity contribution is 0.117. The van der Waals surface area contributed by atoms with E-state index in [0.717, 1.165) is 44.6 Å². The predicted octanol–water partition coefficient (Wildman–Crippen LogP) is 2.17. The number of nitrogens with zero attached hydrogens (tertiary/aromatic N) is 5. The first kappa shape index (κ1) is 16.1. The summed E-state index contributed by atoms with van der Waals surface area (Å²) in [5.41, 5.74) is 1.26. The normalized spacial score (nSPS) is 21.8. The van der Waals surface area contributed by atoms with Crippen LogP contribution in [0.5, 0.6) is 0 Å². The van der Waals surface area contributed by atoms with Gasteiger partial charge in [0.15, 0.2) is 5.82 Å². The molecule has 1 fully saturated rings. The van der Waals surface area contributed by atoms with Crippen LogP contribution in [0.25, 0.3) is 0 Å². The molecular formula is C17H25N5O. The van der Waals surface area contributed by atoms with Crippen LogP contribution in [0.2, 0.25) is 0 Å². The zero-order chi connectivity index (χ0) is 16.1. The van der Waals surface area contributed by atoms with E-state index >= 15 is 0 Å². The van der Waals surface area contributed by atoms with Crippen molar-refractivity contribution in [3.8, 4) is 0 Å². The van der Waals surface area contributed by atoms with E-state index in [4.69, 9.17) is 0 Å². The molecule has 3 rings (SSSR count). The van der Waals surface area contributed by atoms with Gasteiger partial charge in [0.05, 0.1) is 12.6 Å². The number of benzene rings is 1. The Hall–Kier alpha value is -1.79. The van der Waals surface area contributed by atoms with Crippen LogP contribution in [0.4, 0.5) is 0 Å². The Bertz CT molecular complexity index is 600. The van der Waals surface area contributed by atoms with Crippen LogP contribution in [0.15, 0.2) is 30.3 Å². The highest BCUT2D eigenvalue weighted by Gasteiger charge is 2.36. The fraction of sp³-hybridized carbons (Fsp3) is 0.588. The van der Waals surface area contributed by atoms with E-state index in [1.807, 2.05) is 10.7 Å². The Labute approximate surface area is 137 Å². The van der Waals surface area contributed by atoms with Crippen molar-refractivity contribution in [2.45, 2.75) is 57.8 Å². The van der Waals surface area contributed by atoms with Crippen LogP contribution in [0, 0.1) is 0 Å². The van der Waals surface area contributed by atoms with Crippen molar-refractivity contribution in [3.63, 3.8) is 0 Å². The van der Waals surface area contributed by atoms with E-state index in [9.17, 15) is 5.11 Å². The monoisotopic (exact) mass is 315 g/mol. The minimum Gasteiger partial charge on any atom is -0.395 e. The van der Waals surface area contributed by atoms with Gasteiger partial charge in [0.2, 0.25) is 0 Å². The minimum atomic E-state index is 0.177. The zero-order valence-electron chi connectivity index (χ0n) is 13.7. The molecule has 0 spiro atoms. The SMILES string of the molecule is CCCCn1nnnc1[C@@H]1CC[C@@H](CO)N1Cc1ccccc1. The molecule has 0 bridgehead atoms. The standard InChI is InChI=1S/C17H25N5O/c1-2-3-11-22-17(18-19-20-22)16-10-9-15(13-23)21(16)12-14-7-5-4-6-8-14/h4-8,15-16,23H,2-3,9-13H2,1H3/t15-,16-/m0/s1. The number of hydrogen-bond acceptors (Lipinski definition) is 5. The molecule has 23 heavy (non-hydrogen) atoms. The third kappa shape index (κ3) is 3.59. The van der Waals surface area contributed by atoms with Crippen LogP contribution < -0.4 is 0 Å². The molecule has 0 unspecified atom stereocenters. The van der Waals surface area contributed by atoms with Crippen molar-refractivity contribution in [2.75, 3.05) is 6.61 Å². The third-order valence-corrected chi connectivity index (χ3v) is 4.64. The number of tetrazole rings is 1. The van der Waals surface area contributed by atoms with Gasteiger partial charge in [-0.1, -0.05) is 43.7 Å². The van der Waals surface area contributed by atoms with Gasteiger partial charge in [-0.15, -0.1) is 5.10 Å². The van der Waals surface area contributed by atoms with Crippen LogP contribution in [0.1, 0.15) is 50.0 Å². The lowest BCUT2D eigenvalue weighted by Crippen LogP contribution is -2.34.